The van der Waals surface area contributed by atoms with E-state index in [0.717, 1.165) is 5.56 Å². The fourth-order valence-corrected chi connectivity index (χ4v) is 2.34. The van der Waals surface area contributed by atoms with Crippen LogP contribution in [-0.2, 0) is 15.3 Å². The summed E-state index contributed by atoms with van der Waals surface area (Å²) in [5, 5.41) is 0. The molecule has 5 heteroatoms. The molecular formula is C13H17NO3S. The van der Waals surface area contributed by atoms with Gasteiger partial charge in [0, 0.05) is 19.8 Å². The molecule has 0 aliphatic carbocycles. The molecule has 0 saturated heterocycles. The summed E-state index contributed by atoms with van der Waals surface area (Å²) < 4.78 is 4.72. The maximum atomic E-state index is 11.5. The summed E-state index contributed by atoms with van der Waals surface area (Å²) in [5.74, 6) is 0.744. The highest BCUT2D eigenvalue weighted by atomic mass is 32.2. The maximum Gasteiger partial charge on any atom is 0.338 e. The number of nitrogens with zero attached hydrogens (tertiary/aromatic N) is 1. The van der Waals surface area contributed by atoms with Crippen molar-refractivity contribution in [3.63, 3.8) is 0 Å². The summed E-state index contributed by atoms with van der Waals surface area (Å²) >= 11 is 1.49. The average molecular weight is 267 g/mol. The molecule has 1 amide bonds. The first-order valence-electron chi connectivity index (χ1n) is 5.50. The highest BCUT2D eigenvalue weighted by molar-refractivity contribution is 7.99. The molecule has 4 nitrogen and oxygen atoms in total. The van der Waals surface area contributed by atoms with Gasteiger partial charge in [0.1, 0.15) is 0 Å². The van der Waals surface area contributed by atoms with Crippen LogP contribution < -0.4 is 0 Å². The Kier molecular flexibility index (Phi) is 5.71. The van der Waals surface area contributed by atoms with Gasteiger partial charge in [0.2, 0.25) is 5.91 Å². The zero-order valence-corrected chi connectivity index (χ0v) is 11.6. The van der Waals surface area contributed by atoms with Gasteiger partial charge in [-0.25, -0.2) is 4.79 Å². The average Bonchev–Trinajstić information content (AvgIpc) is 2.38. The van der Waals surface area contributed by atoms with Crippen LogP contribution in [0, 0.1) is 0 Å². The van der Waals surface area contributed by atoms with Crippen molar-refractivity contribution in [1.29, 1.82) is 0 Å². The van der Waals surface area contributed by atoms with Gasteiger partial charge in [0.25, 0.3) is 0 Å². The lowest BCUT2D eigenvalue weighted by Gasteiger charge is -2.10. The van der Waals surface area contributed by atoms with E-state index < -0.39 is 0 Å². The van der Waals surface area contributed by atoms with Crippen LogP contribution in [0.25, 0.3) is 0 Å². The first kappa shape index (κ1) is 14.6. The van der Waals surface area contributed by atoms with Crippen molar-refractivity contribution in [3.8, 4) is 0 Å². The molecule has 1 aromatic rings. The van der Waals surface area contributed by atoms with Crippen molar-refractivity contribution in [2.24, 2.45) is 0 Å². The number of carbonyl (C=O) groups is 2. The van der Waals surface area contributed by atoms with Gasteiger partial charge in [-0.3, -0.25) is 4.79 Å². The fourth-order valence-electron chi connectivity index (χ4n) is 1.33. The first-order valence-corrected chi connectivity index (χ1v) is 6.66. The van der Waals surface area contributed by atoms with Crippen LogP contribution in [0.4, 0.5) is 0 Å². The fraction of sp³-hybridized carbons (Fsp3) is 0.385. The second-order valence-corrected chi connectivity index (χ2v) is 4.92. The number of hydrogen-bond donors (Lipinski definition) is 0. The van der Waals surface area contributed by atoms with Crippen molar-refractivity contribution in [2.75, 3.05) is 27.0 Å². The zero-order chi connectivity index (χ0) is 13.5. The SMILES string of the molecule is COC(=O)c1ccccc1CSCC(=O)N(C)C. The third-order valence-corrected chi connectivity index (χ3v) is 3.37. The summed E-state index contributed by atoms with van der Waals surface area (Å²) in [4.78, 5) is 24.5. The second kappa shape index (κ2) is 7.06. The molecule has 1 rings (SSSR count). The normalized spacial score (nSPS) is 9.94. The van der Waals surface area contributed by atoms with Crippen molar-refractivity contribution >= 4 is 23.6 Å². The number of carbonyl (C=O) groups excluding carboxylic acids is 2. The van der Waals surface area contributed by atoms with E-state index in [4.69, 9.17) is 4.74 Å². The molecule has 0 aliphatic heterocycles. The molecule has 0 aliphatic rings. The Hall–Kier alpha value is -1.49. The Morgan fingerprint density at radius 2 is 1.94 bits per heavy atom. The lowest BCUT2D eigenvalue weighted by Crippen LogP contribution is -2.23. The molecule has 1 aromatic carbocycles. The van der Waals surface area contributed by atoms with Gasteiger partial charge in [0.05, 0.1) is 18.4 Å². The molecule has 0 fully saturated rings. The predicted octanol–water partition coefficient (Wildman–Crippen LogP) is 1.79. The van der Waals surface area contributed by atoms with Crippen molar-refractivity contribution in [2.45, 2.75) is 5.75 Å². The van der Waals surface area contributed by atoms with Crippen LogP contribution in [-0.4, -0.2) is 43.7 Å². The van der Waals surface area contributed by atoms with E-state index in [2.05, 4.69) is 0 Å². The Labute approximate surface area is 111 Å². The van der Waals surface area contributed by atoms with E-state index in [-0.39, 0.29) is 11.9 Å². The van der Waals surface area contributed by atoms with E-state index in [1.165, 1.54) is 18.9 Å². The number of hydrogen-bond acceptors (Lipinski definition) is 4. The highest BCUT2D eigenvalue weighted by Gasteiger charge is 2.11. The lowest BCUT2D eigenvalue weighted by atomic mass is 10.1. The van der Waals surface area contributed by atoms with Crippen molar-refractivity contribution < 1.29 is 14.3 Å². The number of benzene rings is 1. The number of amides is 1. The minimum atomic E-state index is -0.342. The van der Waals surface area contributed by atoms with Gasteiger partial charge in [-0.1, -0.05) is 18.2 Å². The van der Waals surface area contributed by atoms with E-state index in [0.29, 0.717) is 17.1 Å². The third-order valence-electron chi connectivity index (χ3n) is 2.40. The quantitative estimate of drug-likeness (QED) is 0.763. The van der Waals surface area contributed by atoms with Crippen molar-refractivity contribution in [3.05, 3.63) is 35.4 Å². The molecule has 0 atom stereocenters. The minimum absolute atomic E-state index is 0.0653. The van der Waals surface area contributed by atoms with Gasteiger partial charge in [-0.2, -0.15) is 0 Å². The number of esters is 1. The summed E-state index contributed by atoms with van der Waals surface area (Å²) in [6.45, 7) is 0. The van der Waals surface area contributed by atoms with E-state index in [1.807, 2.05) is 12.1 Å². The molecule has 0 unspecified atom stereocenters. The smallest absolute Gasteiger partial charge is 0.338 e. The summed E-state index contributed by atoms with van der Waals surface area (Å²) in [7, 11) is 4.82. The topological polar surface area (TPSA) is 46.6 Å². The second-order valence-electron chi connectivity index (χ2n) is 3.93. The molecular weight excluding hydrogens is 250 g/mol. The van der Waals surface area contributed by atoms with Crippen molar-refractivity contribution in [1.82, 2.24) is 4.90 Å². The minimum Gasteiger partial charge on any atom is -0.465 e. The highest BCUT2D eigenvalue weighted by Crippen LogP contribution is 2.17. The molecule has 0 heterocycles. The Bertz CT molecular complexity index is 432. The standard InChI is InChI=1S/C13H17NO3S/c1-14(2)12(15)9-18-8-10-6-4-5-7-11(10)13(16)17-3/h4-7H,8-9H2,1-3H3. The summed E-state index contributed by atoms with van der Waals surface area (Å²) in [6, 6.07) is 7.27. The Balaban J connectivity index is 2.62. The lowest BCUT2D eigenvalue weighted by molar-refractivity contribution is -0.125. The van der Waals surface area contributed by atoms with Gasteiger partial charge < -0.3 is 9.64 Å². The zero-order valence-electron chi connectivity index (χ0n) is 10.8. The maximum absolute atomic E-state index is 11.5. The monoisotopic (exact) mass is 267 g/mol. The number of thioether (sulfide) groups is 1. The van der Waals surface area contributed by atoms with Crippen LogP contribution >= 0.6 is 11.8 Å². The largest absolute Gasteiger partial charge is 0.465 e. The number of methoxy groups -OCH3 is 1. The van der Waals surface area contributed by atoms with Crippen LogP contribution in [0.1, 0.15) is 15.9 Å². The summed E-state index contributed by atoms with van der Waals surface area (Å²) in [6.07, 6.45) is 0. The van der Waals surface area contributed by atoms with Crippen LogP contribution in [0.2, 0.25) is 0 Å². The molecule has 0 saturated carbocycles. The van der Waals surface area contributed by atoms with Crippen LogP contribution in [0.15, 0.2) is 24.3 Å². The molecule has 0 bridgehead atoms. The van der Waals surface area contributed by atoms with E-state index >= 15 is 0 Å². The third kappa shape index (κ3) is 4.07. The van der Waals surface area contributed by atoms with Crippen LogP contribution in [0.5, 0.6) is 0 Å². The molecule has 98 valence electrons. The number of ether oxygens (including phenoxy) is 1. The summed E-state index contributed by atoms with van der Waals surface area (Å²) in [5.41, 5.74) is 1.45. The van der Waals surface area contributed by atoms with Gasteiger partial charge in [-0.05, 0) is 11.6 Å². The molecule has 0 radical (unpaired) electrons. The van der Waals surface area contributed by atoms with E-state index in [9.17, 15) is 9.59 Å². The molecule has 18 heavy (non-hydrogen) atoms. The van der Waals surface area contributed by atoms with Gasteiger partial charge in [-0.15, -0.1) is 11.8 Å². The number of rotatable bonds is 5. The molecule has 0 spiro atoms. The van der Waals surface area contributed by atoms with E-state index in [1.54, 1.807) is 31.1 Å². The van der Waals surface area contributed by atoms with Gasteiger partial charge in [0.15, 0.2) is 0 Å². The first-order chi connectivity index (χ1) is 8.56. The molecule has 0 N–H and O–H groups in total. The molecule has 0 aromatic heterocycles. The van der Waals surface area contributed by atoms with Gasteiger partial charge >= 0.3 is 5.97 Å². The Morgan fingerprint density at radius 1 is 1.28 bits per heavy atom. The predicted molar refractivity (Wildman–Crippen MR) is 72.6 cm³/mol. The Morgan fingerprint density at radius 3 is 2.56 bits per heavy atom. The van der Waals surface area contributed by atoms with Crippen LogP contribution in [0.3, 0.4) is 0 Å².